The monoisotopic (exact) mass is 243 g/mol. The molecule has 1 N–H and O–H groups in total. The summed E-state index contributed by atoms with van der Waals surface area (Å²) in [5.74, 6) is -0.121. The number of halogens is 1. The van der Waals surface area contributed by atoms with Crippen molar-refractivity contribution in [2.45, 2.75) is 6.61 Å². The van der Waals surface area contributed by atoms with Gasteiger partial charge in [0.2, 0.25) is 0 Å². The number of nitriles is 1. The van der Waals surface area contributed by atoms with Crippen LogP contribution in [0, 0.1) is 17.1 Å². The highest BCUT2D eigenvalue weighted by Gasteiger charge is 2.10. The zero-order valence-corrected chi connectivity index (χ0v) is 9.43. The van der Waals surface area contributed by atoms with E-state index in [0.29, 0.717) is 16.9 Å². The Labute approximate surface area is 104 Å². The normalized spacial score (nSPS) is 9.83. The van der Waals surface area contributed by atoms with Crippen LogP contribution in [-0.2, 0) is 6.61 Å². The molecule has 90 valence electrons. The Kier molecular flexibility index (Phi) is 3.56. The van der Waals surface area contributed by atoms with Gasteiger partial charge in [0, 0.05) is 5.56 Å². The van der Waals surface area contributed by atoms with Gasteiger partial charge in [0.1, 0.15) is 5.75 Å². The number of hydrogen-bond acceptors (Lipinski definition) is 3. The lowest BCUT2D eigenvalue weighted by atomic mass is 10.2. The predicted octanol–water partition coefficient (Wildman–Crippen LogP) is 2.98. The molecule has 0 fully saturated rings. The lowest BCUT2D eigenvalue weighted by Gasteiger charge is -2.10. The van der Waals surface area contributed by atoms with Crippen LogP contribution < -0.4 is 4.74 Å². The van der Waals surface area contributed by atoms with Gasteiger partial charge in [0.25, 0.3) is 0 Å². The van der Waals surface area contributed by atoms with Crippen molar-refractivity contribution in [1.82, 2.24) is 0 Å². The van der Waals surface area contributed by atoms with Crippen LogP contribution in [0.1, 0.15) is 11.1 Å². The minimum Gasteiger partial charge on any atom is -0.454 e. The first-order valence-electron chi connectivity index (χ1n) is 5.31. The number of ether oxygens (including phenoxy) is 1. The van der Waals surface area contributed by atoms with Gasteiger partial charge in [-0.3, -0.25) is 0 Å². The molecule has 2 aromatic carbocycles. The van der Waals surface area contributed by atoms with E-state index >= 15 is 0 Å². The van der Waals surface area contributed by atoms with Gasteiger partial charge in [-0.2, -0.15) is 5.26 Å². The van der Waals surface area contributed by atoms with Gasteiger partial charge in [-0.25, -0.2) is 4.39 Å². The molecule has 18 heavy (non-hydrogen) atoms. The van der Waals surface area contributed by atoms with Crippen molar-refractivity contribution >= 4 is 0 Å². The Morgan fingerprint density at radius 1 is 1.17 bits per heavy atom. The first-order valence-corrected chi connectivity index (χ1v) is 5.31. The fourth-order valence-electron chi connectivity index (χ4n) is 1.51. The first kappa shape index (κ1) is 12.1. The number of aliphatic hydroxyl groups excluding tert-OH is 1. The van der Waals surface area contributed by atoms with Crippen molar-refractivity contribution in [1.29, 1.82) is 5.26 Å². The van der Waals surface area contributed by atoms with Gasteiger partial charge in [-0.05, 0) is 30.3 Å². The van der Waals surface area contributed by atoms with E-state index in [1.807, 2.05) is 6.07 Å². The zero-order chi connectivity index (χ0) is 13.0. The molecule has 0 heterocycles. The van der Waals surface area contributed by atoms with Gasteiger partial charge in [-0.1, -0.05) is 12.1 Å². The highest BCUT2D eigenvalue weighted by atomic mass is 19.1. The van der Waals surface area contributed by atoms with Crippen molar-refractivity contribution in [2.24, 2.45) is 0 Å². The molecule has 0 aliphatic heterocycles. The van der Waals surface area contributed by atoms with Crippen LogP contribution in [0.5, 0.6) is 11.5 Å². The Morgan fingerprint density at radius 3 is 2.50 bits per heavy atom. The van der Waals surface area contributed by atoms with E-state index in [4.69, 9.17) is 15.1 Å². The van der Waals surface area contributed by atoms with E-state index in [1.54, 1.807) is 30.3 Å². The summed E-state index contributed by atoms with van der Waals surface area (Å²) >= 11 is 0. The largest absolute Gasteiger partial charge is 0.454 e. The number of benzene rings is 2. The number of rotatable bonds is 3. The summed E-state index contributed by atoms with van der Waals surface area (Å²) < 4.78 is 19.0. The zero-order valence-electron chi connectivity index (χ0n) is 9.43. The molecule has 0 atom stereocenters. The molecule has 2 rings (SSSR count). The maximum absolute atomic E-state index is 13.6. The van der Waals surface area contributed by atoms with E-state index in [2.05, 4.69) is 0 Å². The standard InChI is InChI=1S/C14H10FNO2/c15-13-3-1-2-11(9-17)14(13)18-12-6-4-10(8-16)5-7-12/h1-7,17H,9H2. The second-order valence-electron chi connectivity index (χ2n) is 3.62. The fraction of sp³-hybridized carbons (Fsp3) is 0.0714. The molecule has 0 aliphatic carbocycles. The van der Waals surface area contributed by atoms with E-state index in [1.165, 1.54) is 12.1 Å². The summed E-state index contributed by atoms with van der Waals surface area (Å²) in [5, 5.41) is 17.8. The maximum atomic E-state index is 13.6. The lowest BCUT2D eigenvalue weighted by Crippen LogP contribution is -1.95. The predicted molar refractivity (Wildman–Crippen MR) is 63.6 cm³/mol. The van der Waals surface area contributed by atoms with Crippen molar-refractivity contribution in [2.75, 3.05) is 0 Å². The average molecular weight is 243 g/mol. The number of nitrogens with zero attached hydrogens (tertiary/aromatic N) is 1. The highest BCUT2D eigenvalue weighted by molar-refractivity contribution is 5.41. The van der Waals surface area contributed by atoms with Gasteiger partial charge in [0.05, 0.1) is 18.2 Å². The molecule has 4 heteroatoms. The number of para-hydroxylation sites is 1. The maximum Gasteiger partial charge on any atom is 0.168 e. The van der Waals surface area contributed by atoms with E-state index in [0.717, 1.165) is 0 Å². The number of aliphatic hydroxyl groups is 1. The third-order valence-corrected chi connectivity index (χ3v) is 2.42. The summed E-state index contributed by atoms with van der Waals surface area (Å²) in [6.45, 7) is -0.302. The van der Waals surface area contributed by atoms with Crippen LogP contribution in [0.25, 0.3) is 0 Å². The second-order valence-corrected chi connectivity index (χ2v) is 3.62. The van der Waals surface area contributed by atoms with Crippen LogP contribution in [0.4, 0.5) is 4.39 Å². The van der Waals surface area contributed by atoms with Gasteiger partial charge in [-0.15, -0.1) is 0 Å². The van der Waals surface area contributed by atoms with E-state index in [9.17, 15) is 4.39 Å². The summed E-state index contributed by atoms with van der Waals surface area (Å²) in [6, 6.07) is 12.6. The fourth-order valence-corrected chi connectivity index (χ4v) is 1.51. The van der Waals surface area contributed by atoms with Crippen molar-refractivity contribution in [3.8, 4) is 17.6 Å². The molecule has 0 bridgehead atoms. The lowest BCUT2D eigenvalue weighted by molar-refractivity contribution is 0.274. The highest BCUT2D eigenvalue weighted by Crippen LogP contribution is 2.28. The molecule has 0 radical (unpaired) electrons. The average Bonchev–Trinajstić information content (AvgIpc) is 2.42. The van der Waals surface area contributed by atoms with Crippen molar-refractivity contribution in [3.05, 3.63) is 59.4 Å². The second kappa shape index (κ2) is 5.30. The third kappa shape index (κ3) is 2.47. The van der Waals surface area contributed by atoms with Crippen LogP contribution >= 0.6 is 0 Å². The minimum absolute atomic E-state index is 0.00436. The topological polar surface area (TPSA) is 53.2 Å². The molecule has 0 aromatic heterocycles. The molecule has 3 nitrogen and oxygen atoms in total. The summed E-state index contributed by atoms with van der Waals surface area (Å²) in [6.07, 6.45) is 0. The smallest absolute Gasteiger partial charge is 0.168 e. The van der Waals surface area contributed by atoms with Crippen molar-refractivity contribution < 1.29 is 14.2 Å². The Balaban J connectivity index is 2.31. The minimum atomic E-state index is -0.536. The molecule has 0 spiro atoms. The van der Waals surface area contributed by atoms with Crippen LogP contribution in [0.15, 0.2) is 42.5 Å². The number of hydrogen-bond donors (Lipinski definition) is 1. The van der Waals surface area contributed by atoms with Crippen LogP contribution in [-0.4, -0.2) is 5.11 Å². The summed E-state index contributed by atoms with van der Waals surface area (Å²) in [7, 11) is 0. The summed E-state index contributed by atoms with van der Waals surface area (Å²) in [5.41, 5.74) is 0.873. The van der Waals surface area contributed by atoms with E-state index < -0.39 is 5.82 Å². The molecule has 0 unspecified atom stereocenters. The molecule has 2 aromatic rings. The Morgan fingerprint density at radius 2 is 1.89 bits per heavy atom. The van der Waals surface area contributed by atoms with Crippen molar-refractivity contribution in [3.63, 3.8) is 0 Å². The van der Waals surface area contributed by atoms with E-state index in [-0.39, 0.29) is 12.4 Å². The third-order valence-electron chi connectivity index (χ3n) is 2.42. The molecular weight excluding hydrogens is 233 g/mol. The van der Waals surface area contributed by atoms with Gasteiger partial charge < -0.3 is 9.84 Å². The van der Waals surface area contributed by atoms with Crippen LogP contribution in [0.3, 0.4) is 0 Å². The molecular formula is C14H10FNO2. The molecule has 0 saturated heterocycles. The van der Waals surface area contributed by atoms with Crippen LogP contribution in [0.2, 0.25) is 0 Å². The SMILES string of the molecule is N#Cc1ccc(Oc2c(F)cccc2CO)cc1. The first-order chi connectivity index (χ1) is 8.74. The molecule has 0 saturated carbocycles. The summed E-state index contributed by atoms with van der Waals surface area (Å²) in [4.78, 5) is 0. The Bertz CT molecular complexity index is 588. The molecule has 0 aliphatic rings. The molecule has 0 amide bonds. The van der Waals surface area contributed by atoms with Gasteiger partial charge >= 0.3 is 0 Å². The Hall–Kier alpha value is -2.38. The van der Waals surface area contributed by atoms with Gasteiger partial charge in [0.15, 0.2) is 11.6 Å². The quantitative estimate of drug-likeness (QED) is 0.901.